The van der Waals surface area contributed by atoms with Crippen LogP contribution in [0.4, 0.5) is 19.0 Å². The number of alkyl halides is 3. The molecule has 1 amide bonds. The van der Waals surface area contributed by atoms with Gasteiger partial charge in [-0.15, -0.1) is 0 Å². The van der Waals surface area contributed by atoms with Crippen LogP contribution >= 0.6 is 0 Å². The number of likely N-dealkylation sites (tertiary alicyclic amines) is 1. The first kappa shape index (κ1) is 20.3. The molecule has 158 valence electrons. The van der Waals surface area contributed by atoms with Crippen molar-refractivity contribution in [2.75, 3.05) is 25.0 Å². The minimum absolute atomic E-state index is 0.0299. The molecular weight excluding hydrogens is 395 g/mol. The van der Waals surface area contributed by atoms with E-state index in [-0.39, 0.29) is 38.4 Å². The van der Waals surface area contributed by atoms with E-state index in [1.165, 1.54) is 0 Å². The monoisotopic (exact) mass is 417 g/mol. The number of pyridine rings is 1. The van der Waals surface area contributed by atoms with Crippen molar-refractivity contribution in [3.8, 4) is 11.1 Å². The average Bonchev–Trinajstić information content (AvgIpc) is 3.13. The van der Waals surface area contributed by atoms with Gasteiger partial charge in [-0.25, -0.2) is 4.98 Å². The van der Waals surface area contributed by atoms with Gasteiger partial charge in [0.1, 0.15) is 5.82 Å². The summed E-state index contributed by atoms with van der Waals surface area (Å²) in [6.45, 7) is 0.578. The Bertz CT molecular complexity index is 1050. The minimum atomic E-state index is -4.15. The van der Waals surface area contributed by atoms with Gasteiger partial charge in [0.25, 0.3) is 0 Å². The van der Waals surface area contributed by atoms with Gasteiger partial charge < -0.3 is 5.32 Å². The summed E-state index contributed by atoms with van der Waals surface area (Å²) in [5.74, 6) is -1.13. The van der Waals surface area contributed by atoms with Crippen LogP contribution in [-0.4, -0.2) is 51.4 Å². The quantitative estimate of drug-likeness (QED) is 0.701. The van der Waals surface area contributed by atoms with Gasteiger partial charge in [0.15, 0.2) is 0 Å². The molecule has 0 spiro atoms. The molecular formula is C21H22F3N5O. The largest absolute Gasteiger partial charge is 0.391 e. The van der Waals surface area contributed by atoms with E-state index in [4.69, 9.17) is 0 Å². The molecule has 2 aromatic heterocycles. The molecule has 0 saturated carbocycles. The molecule has 1 aliphatic rings. The fraction of sp³-hybridized carbons (Fsp3) is 0.381. The van der Waals surface area contributed by atoms with Crippen molar-refractivity contribution in [2.45, 2.75) is 19.0 Å². The van der Waals surface area contributed by atoms with Gasteiger partial charge in [-0.1, -0.05) is 12.1 Å². The van der Waals surface area contributed by atoms with Gasteiger partial charge in [0.2, 0.25) is 5.91 Å². The number of aryl methyl sites for hydroxylation is 1. The fourth-order valence-electron chi connectivity index (χ4n) is 3.76. The number of rotatable bonds is 4. The van der Waals surface area contributed by atoms with Gasteiger partial charge in [0.05, 0.1) is 18.7 Å². The van der Waals surface area contributed by atoms with Crippen LogP contribution in [0, 0.1) is 5.92 Å². The van der Waals surface area contributed by atoms with Gasteiger partial charge in [-0.2, -0.15) is 18.3 Å². The molecule has 1 aliphatic heterocycles. The van der Waals surface area contributed by atoms with Crippen molar-refractivity contribution in [3.63, 3.8) is 0 Å². The Morgan fingerprint density at radius 1 is 1.13 bits per heavy atom. The number of aromatic nitrogens is 3. The maximum Gasteiger partial charge on any atom is 0.391 e. The summed E-state index contributed by atoms with van der Waals surface area (Å²) in [6, 6.07) is 7.75. The summed E-state index contributed by atoms with van der Waals surface area (Å²) in [4.78, 5) is 18.4. The maximum absolute atomic E-state index is 12.8. The summed E-state index contributed by atoms with van der Waals surface area (Å²) in [5.41, 5.74) is 2.00. The second kappa shape index (κ2) is 8.06. The van der Waals surface area contributed by atoms with Crippen molar-refractivity contribution in [3.05, 3.63) is 42.9 Å². The lowest BCUT2D eigenvalue weighted by molar-refractivity contribution is -0.184. The van der Waals surface area contributed by atoms with Gasteiger partial charge in [-0.05, 0) is 49.0 Å². The molecule has 6 nitrogen and oxygen atoms in total. The number of amides is 1. The predicted octanol–water partition coefficient (Wildman–Crippen LogP) is 3.85. The summed E-state index contributed by atoms with van der Waals surface area (Å²) in [5, 5.41) is 8.80. The SMILES string of the molecule is Cn1cc(-c2ccc3cnc(NC(=O)CN4CCC(C(F)(F)F)CC4)cc3c2)cn1. The number of carbonyl (C=O) groups excluding carboxylic acids is 1. The minimum Gasteiger partial charge on any atom is -0.310 e. The van der Waals surface area contributed by atoms with Crippen LogP contribution in [0.5, 0.6) is 0 Å². The summed E-state index contributed by atoms with van der Waals surface area (Å²) in [7, 11) is 1.85. The first-order valence-electron chi connectivity index (χ1n) is 9.76. The standard InChI is InChI=1S/C21H22F3N5O/c1-28-12-17(11-26-28)14-2-3-15-10-25-19(9-16(15)8-14)27-20(30)13-29-6-4-18(5-7-29)21(22,23)24/h2-3,8-12,18H,4-7,13H2,1H3,(H,25,27,30). The highest BCUT2D eigenvalue weighted by atomic mass is 19.4. The van der Waals surface area contributed by atoms with Crippen LogP contribution in [0.15, 0.2) is 42.9 Å². The summed E-state index contributed by atoms with van der Waals surface area (Å²) in [6.07, 6.45) is 1.30. The van der Waals surface area contributed by atoms with E-state index in [0.29, 0.717) is 5.82 Å². The third kappa shape index (κ3) is 4.62. The average molecular weight is 417 g/mol. The van der Waals surface area contributed by atoms with E-state index >= 15 is 0 Å². The number of piperidine rings is 1. The Kier molecular flexibility index (Phi) is 5.46. The van der Waals surface area contributed by atoms with Crippen LogP contribution < -0.4 is 5.32 Å². The molecule has 4 rings (SSSR count). The second-order valence-corrected chi connectivity index (χ2v) is 7.67. The molecule has 1 fully saturated rings. The Labute approximate surface area is 171 Å². The molecule has 0 bridgehead atoms. The topological polar surface area (TPSA) is 63.1 Å². The van der Waals surface area contributed by atoms with Crippen LogP contribution in [0.3, 0.4) is 0 Å². The van der Waals surface area contributed by atoms with Gasteiger partial charge >= 0.3 is 6.18 Å². The lowest BCUT2D eigenvalue weighted by Crippen LogP contribution is -2.42. The molecule has 3 aromatic rings. The Hall–Kier alpha value is -2.94. The van der Waals surface area contributed by atoms with E-state index in [0.717, 1.165) is 21.9 Å². The first-order valence-corrected chi connectivity index (χ1v) is 9.76. The Morgan fingerprint density at radius 2 is 1.90 bits per heavy atom. The molecule has 1 aromatic carbocycles. The van der Waals surface area contributed by atoms with Crippen molar-refractivity contribution >= 4 is 22.5 Å². The molecule has 0 radical (unpaired) electrons. The number of nitrogens with one attached hydrogen (secondary N) is 1. The normalized spacial score (nSPS) is 16.1. The number of hydrogen-bond acceptors (Lipinski definition) is 4. The van der Waals surface area contributed by atoms with Crippen LogP contribution in [0.25, 0.3) is 21.9 Å². The molecule has 3 heterocycles. The summed E-state index contributed by atoms with van der Waals surface area (Å²) < 4.78 is 40.1. The summed E-state index contributed by atoms with van der Waals surface area (Å²) >= 11 is 0. The third-order valence-electron chi connectivity index (χ3n) is 5.45. The zero-order chi connectivity index (χ0) is 21.3. The smallest absolute Gasteiger partial charge is 0.310 e. The Balaban J connectivity index is 1.40. The highest BCUT2D eigenvalue weighted by Gasteiger charge is 2.41. The molecule has 0 aliphatic carbocycles. The molecule has 0 unspecified atom stereocenters. The van der Waals surface area contributed by atoms with Crippen molar-refractivity contribution in [1.82, 2.24) is 19.7 Å². The van der Waals surface area contributed by atoms with Crippen molar-refractivity contribution < 1.29 is 18.0 Å². The highest BCUT2D eigenvalue weighted by molar-refractivity contribution is 5.94. The zero-order valence-corrected chi connectivity index (χ0v) is 16.5. The third-order valence-corrected chi connectivity index (χ3v) is 5.45. The number of anilines is 1. The van der Waals surface area contributed by atoms with Gasteiger partial charge in [-0.3, -0.25) is 14.4 Å². The van der Waals surface area contributed by atoms with E-state index in [9.17, 15) is 18.0 Å². The van der Waals surface area contributed by atoms with Crippen LogP contribution in [0.2, 0.25) is 0 Å². The maximum atomic E-state index is 12.8. The number of benzene rings is 1. The van der Waals surface area contributed by atoms with Crippen LogP contribution in [0.1, 0.15) is 12.8 Å². The van der Waals surface area contributed by atoms with Gasteiger partial charge in [0, 0.05) is 30.4 Å². The van der Waals surface area contributed by atoms with Crippen molar-refractivity contribution in [2.24, 2.45) is 13.0 Å². The van der Waals surface area contributed by atoms with E-state index in [1.807, 2.05) is 31.4 Å². The number of nitrogens with zero attached hydrogens (tertiary/aromatic N) is 4. The van der Waals surface area contributed by atoms with E-state index < -0.39 is 12.1 Å². The number of hydrogen-bond donors (Lipinski definition) is 1. The number of carbonyl (C=O) groups is 1. The number of fused-ring (bicyclic) bond motifs is 1. The molecule has 30 heavy (non-hydrogen) atoms. The van der Waals surface area contributed by atoms with E-state index in [2.05, 4.69) is 15.4 Å². The Morgan fingerprint density at radius 3 is 2.57 bits per heavy atom. The fourth-order valence-corrected chi connectivity index (χ4v) is 3.76. The zero-order valence-electron chi connectivity index (χ0n) is 16.5. The lowest BCUT2D eigenvalue weighted by Gasteiger charge is -2.32. The second-order valence-electron chi connectivity index (χ2n) is 7.67. The molecule has 0 atom stereocenters. The van der Waals surface area contributed by atoms with Crippen molar-refractivity contribution in [1.29, 1.82) is 0 Å². The molecule has 9 heteroatoms. The highest BCUT2D eigenvalue weighted by Crippen LogP contribution is 2.34. The van der Waals surface area contributed by atoms with Crippen LogP contribution in [-0.2, 0) is 11.8 Å². The first-order chi connectivity index (χ1) is 14.3. The number of halogens is 3. The molecule has 1 saturated heterocycles. The van der Waals surface area contributed by atoms with E-state index in [1.54, 1.807) is 28.0 Å². The predicted molar refractivity (Wildman–Crippen MR) is 108 cm³/mol. The lowest BCUT2D eigenvalue weighted by atomic mass is 9.96. The molecule has 1 N–H and O–H groups in total.